The van der Waals surface area contributed by atoms with Crippen LogP contribution in [0.3, 0.4) is 0 Å². The van der Waals surface area contributed by atoms with Crippen LogP contribution < -0.4 is 10.6 Å². The quantitative estimate of drug-likeness (QED) is 0.370. The first-order chi connectivity index (χ1) is 11.6. The highest BCUT2D eigenvalue weighted by atomic mass is 127. The molecule has 0 aliphatic carbocycles. The van der Waals surface area contributed by atoms with Crippen LogP contribution in [0.15, 0.2) is 15.6 Å². The van der Waals surface area contributed by atoms with Crippen LogP contribution in [-0.4, -0.2) is 49.2 Å². The van der Waals surface area contributed by atoms with Crippen molar-refractivity contribution in [3.63, 3.8) is 0 Å². The molecule has 7 heteroatoms. The van der Waals surface area contributed by atoms with Gasteiger partial charge in [-0.2, -0.15) is 0 Å². The third-order valence-corrected chi connectivity index (χ3v) is 4.59. The van der Waals surface area contributed by atoms with Gasteiger partial charge in [-0.3, -0.25) is 0 Å². The van der Waals surface area contributed by atoms with Crippen molar-refractivity contribution in [1.29, 1.82) is 0 Å². The number of piperidine rings is 1. The normalized spacial score (nSPS) is 16.8. The lowest BCUT2D eigenvalue weighted by molar-refractivity contribution is 0.213. The average Bonchev–Trinajstić information content (AvgIpc) is 3.04. The van der Waals surface area contributed by atoms with Crippen molar-refractivity contribution >= 4 is 29.9 Å². The minimum atomic E-state index is 0. The molecule has 0 unspecified atom stereocenters. The van der Waals surface area contributed by atoms with Crippen molar-refractivity contribution in [3.8, 4) is 0 Å². The molecule has 0 atom stereocenters. The second kappa shape index (κ2) is 11.7. The van der Waals surface area contributed by atoms with E-state index in [1.165, 1.54) is 32.4 Å². The summed E-state index contributed by atoms with van der Waals surface area (Å²) >= 11 is 0. The zero-order chi connectivity index (χ0) is 17.4. The first kappa shape index (κ1) is 22.2. The molecule has 1 fully saturated rings. The Balaban J connectivity index is 0.00000312. The van der Waals surface area contributed by atoms with Crippen molar-refractivity contribution in [2.24, 2.45) is 10.9 Å². The van der Waals surface area contributed by atoms with Gasteiger partial charge in [-0.15, -0.1) is 24.0 Å². The third-order valence-electron chi connectivity index (χ3n) is 4.59. The van der Waals surface area contributed by atoms with Crippen molar-refractivity contribution in [2.75, 3.05) is 33.2 Å². The molecule has 2 heterocycles. The van der Waals surface area contributed by atoms with Gasteiger partial charge in [-0.05, 0) is 58.2 Å². The first-order valence-corrected chi connectivity index (χ1v) is 9.24. The van der Waals surface area contributed by atoms with Crippen LogP contribution in [-0.2, 0) is 6.54 Å². The predicted molar refractivity (Wildman–Crippen MR) is 114 cm³/mol. The topological polar surface area (TPSA) is 65.7 Å². The Morgan fingerprint density at radius 3 is 2.68 bits per heavy atom. The lowest BCUT2D eigenvalue weighted by Gasteiger charge is -2.29. The van der Waals surface area contributed by atoms with Crippen LogP contribution in [0.1, 0.15) is 57.4 Å². The van der Waals surface area contributed by atoms with E-state index in [0.717, 1.165) is 36.4 Å². The van der Waals surface area contributed by atoms with Crippen molar-refractivity contribution < 1.29 is 4.52 Å². The van der Waals surface area contributed by atoms with E-state index in [9.17, 15) is 0 Å². The Morgan fingerprint density at radius 1 is 1.36 bits per heavy atom. The van der Waals surface area contributed by atoms with E-state index in [1.54, 1.807) is 0 Å². The van der Waals surface area contributed by atoms with E-state index in [0.29, 0.717) is 12.5 Å². The van der Waals surface area contributed by atoms with Gasteiger partial charge in [0.15, 0.2) is 11.7 Å². The zero-order valence-electron chi connectivity index (χ0n) is 16.0. The number of halogens is 1. The summed E-state index contributed by atoms with van der Waals surface area (Å²) in [4.78, 5) is 7.02. The molecule has 6 nitrogen and oxygen atoms in total. The van der Waals surface area contributed by atoms with E-state index in [2.05, 4.69) is 53.5 Å². The molecule has 144 valence electrons. The molecule has 0 saturated carbocycles. The summed E-state index contributed by atoms with van der Waals surface area (Å²) in [5.41, 5.74) is 0.987. The Morgan fingerprint density at radius 2 is 2.08 bits per heavy atom. The van der Waals surface area contributed by atoms with Gasteiger partial charge in [0.2, 0.25) is 0 Å². The molecule has 2 N–H and O–H groups in total. The van der Waals surface area contributed by atoms with Gasteiger partial charge in [0, 0.05) is 19.2 Å². The fourth-order valence-electron chi connectivity index (χ4n) is 2.92. The van der Waals surface area contributed by atoms with E-state index in [1.807, 2.05) is 6.07 Å². The highest BCUT2D eigenvalue weighted by molar-refractivity contribution is 14.0. The monoisotopic (exact) mass is 463 g/mol. The SMILES string of the molecule is CCNC(=NCc1cc(C(C)C)no1)NCCC1CCN(C)CC1.I. The van der Waals surface area contributed by atoms with Crippen LogP contribution in [0, 0.1) is 5.92 Å². The fraction of sp³-hybridized carbons (Fsp3) is 0.778. The summed E-state index contributed by atoms with van der Waals surface area (Å²) in [6.45, 7) is 11.1. The largest absolute Gasteiger partial charge is 0.359 e. The number of aromatic nitrogens is 1. The fourth-order valence-corrected chi connectivity index (χ4v) is 2.92. The number of guanidine groups is 1. The standard InChI is InChI=1S/C18H33N5O.HI/c1-5-19-18(20-9-6-15-7-10-23(4)11-8-15)21-13-16-12-17(14(2)3)22-24-16;/h12,14-15H,5-11,13H2,1-4H3,(H2,19,20,21);1H. The maximum Gasteiger partial charge on any atom is 0.191 e. The lowest BCUT2D eigenvalue weighted by atomic mass is 9.94. The van der Waals surface area contributed by atoms with Crippen LogP contribution >= 0.6 is 24.0 Å². The molecule has 1 aliphatic rings. The number of aliphatic imine (C=N–C) groups is 1. The van der Waals surface area contributed by atoms with Gasteiger partial charge in [0.25, 0.3) is 0 Å². The minimum Gasteiger partial charge on any atom is -0.359 e. The molecule has 0 bridgehead atoms. The zero-order valence-corrected chi connectivity index (χ0v) is 18.4. The maximum atomic E-state index is 5.35. The summed E-state index contributed by atoms with van der Waals surface area (Å²) in [6, 6.07) is 2.00. The number of hydrogen-bond acceptors (Lipinski definition) is 4. The molecule has 1 saturated heterocycles. The van der Waals surface area contributed by atoms with Crippen LogP contribution in [0.2, 0.25) is 0 Å². The van der Waals surface area contributed by atoms with Crippen molar-refractivity contribution in [2.45, 2.75) is 52.5 Å². The number of hydrogen-bond donors (Lipinski definition) is 2. The summed E-state index contributed by atoms with van der Waals surface area (Å²) < 4.78 is 5.35. The Hall–Kier alpha value is -0.830. The third kappa shape index (κ3) is 7.94. The average molecular weight is 463 g/mol. The van der Waals surface area contributed by atoms with Gasteiger partial charge in [-0.1, -0.05) is 19.0 Å². The Labute approximate surface area is 169 Å². The molecule has 1 aliphatic heterocycles. The maximum absolute atomic E-state index is 5.35. The van der Waals surface area contributed by atoms with Crippen molar-refractivity contribution in [1.82, 2.24) is 20.7 Å². The molecule has 2 rings (SSSR count). The first-order valence-electron chi connectivity index (χ1n) is 9.24. The number of rotatable bonds is 7. The molecule has 0 radical (unpaired) electrons. The van der Waals surface area contributed by atoms with Gasteiger partial charge in [-0.25, -0.2) is 4.99 Å². The Bertz CT molecular complexity index is 509. The summed E-state index contributed by atoms with van der Waals surface area (Å²) in [5.74, 6) is 2.88. The predicted octanol–water partition coefficient (Wildman–Crippen LogP) is 3.20. The molecular weight excluding hydrogens is 429 g/mol. The highest BCUT2D eigenvalue weighted by Crippen LogP contribution is 2.18. The number of nitrogens with one attached hydrogen (secondary N) is 2. The summed E-state index contributed by atoms with van der Waals surface area (Å²) in [7, 11) is 2.21. The molecule has 0 spiro atoms. The number of nitrogens with zero attached hydrogens (tertiary/aromatic N) is 3. The van der Waals surface area contributed by atoms with Gasteiger partial charge >= 0.3 is 0 Å². The lowest BCUT2D eigenvalue weighted by Crippen LogP contribution is -2.39. The highest BCUT2D eigenvalue weighted by Gasteiger charge is 2.16. The molecule has 25 heavy (non-hydrogen) atoms. The Kier molecular flexibility index (Phi) is 10.4. The van der Waals surface area contributed by atoms with Crippen LogP contribution in [0.4, 0.5) is 0 Å². The second-order valence-corrected chi connectivity index (χ2v) is 7.03. The summed E-state index contributed by atoms with van der Waals surface area (Å²) in [6.07, 6.45) is 3.82. The molecule has 1 aromatic heterocycles. The van der Waals surface area contributed by atoms with Gasteiger partial charge in [0.05, 0.1) is 5.69 Å². The van der Waals surface area contributed by atoms with Gasteiger partial charge < -0.3 is 20.1 Å². The van der Waals surface area contributed by atoms with E-state index in [-0.39, 0.29) is 24.0 Å². The second-order valence-electron chi connectivity index (χ2n) is 7.03. The van der Waals surface area contributed by atoms with Crippen molar-refractivity contribution in [3.05, 3.63) is 17.5 Å². The van der Waals surface area contributed by atoms with Crippen LogP contribution in [0.25, 0.3) is 0 Å². The molecular formula is C18H34IN5O. The van der Waals surface area contributed by atoms with Gasteiger partial charge in [0.1, 0.15) is 6.54 Å². The smallest absolute Gasteiger partial charge is 0.191 e. The van der Waals surface area contributed by atoms with Crippen LogP contribution in [0.5, 0.6) is 0 Å². The van der Waals surface area contributed by atoms with E-state index >= 15 is 0 Å². The molecule has 1 aromatic rings. The van der Waals surface area contributed by atoms with E-state index in [4.69, 9.17) is 4.52 Å². The molecule has 0 aromatic carbocycles. The molecule has 0 amide bonds. The van der Waals surface area contributed by atoms with E-state index < -0.39 is 0 Å². The summed E-state index contributed by atoms with van der Waals surface area (Å²) in [5, 5.41) is 10.8. The number of likely N-dealkylation sites (tertiary alicyclic amines) is 1. The minimum absolute atomic E-state index is 0.